The van der Waals surface area contributed by atoms with Gasteiger partial charge in [0.2, 0.25) is 0 Å². The molecule has 1 N–H and O–H groups in total. The van der Waals surface area contributed by atoms with Gasteiger partial charge in [-0.25, -0.2) is 9.18 Å². The number of rotatable bonds is 5. The SMILES string of the molecule is O=C(O)C=Cc1ccccc1OCc1cc(F)cc(Br)c1. The summed E-state index contributed by atoms with van der Waals surface area (Å²) < 4.78 is 19.6. The van der Waals surface area contributed by atoms with Crippen LogP contribution >= 0.6 is 15.9 Å². The fourth-order valence-corrected chi connectivity index (χ4v) is 2.28. The Morgan fingerprint density at radius 3 is 2.76 bits per heavy atom. The van der Waals surface area contributed by atoms with Crippen LogP contribution in [-0.4, -0.2) is 11.1 Å². The van der Waals surface area contributed by atoms with E-state index in [4.69, 9.17) is 9.84 Å². The normalized spacial score (nSPS) is 10.8. The first-order valence-electron chi connectivity index (χ1n) is 6.12. The zero-order valence-corrected chi connectivity index (χ0v) is 12.5. The predicted molar refractivity (Wildman–Crippen MR) is 81.5 cm³/mol. The van der Waals surface area contributed by atoms with Crippen LogP contribution in [0.15, 0.2) is 53.0 Å². The van der Waals surface area contributed by atoms with Crippen LogP contribution in [0.1, 0.15) is 11.1 Å². The largest absolute Gasteiger partial charge is 0.488 e. The number of benzene rings is 2. The van der Waals surface area contributed by atoms with Gasteiger partial charge < -0.3 is 9.84 Å². The Morgan fingerprint density at radius 1 is 1.29 bits per heavy atom. The van der Waals surface area contributed by atoms with E-state index < -0.39 is 5.97 Å². The van der Waals surface area contributed by atoms with Crippen molar-refractivity contribution in [1.82, 2.24) is 0 Å². The van der Waals surface area contributed by atoms with Crippen LogP contribution in [0.2, 0.25) is 0 Å². The molecule has 0 atom stereocenters. The van der Waals surface area contributed by atoms with E-state index >= 15 is 0 Å². The number of carbonyl (C=O) groups is 1. The fourth-order valence-electron chi connectivity index (χ4n) is 1.77. The average Bonchev–Trinajstić information content (AvgIpc) is 2.42. The van der Waals surface area contributed by atoms with Crippen molar-refractivity contribution in [3.8, 4) is 5.75 Å². The van der Waals surface area contributed by atoms with Crippen molar-refractivity contribution in [3.05, 3.63) is 70.0 Å². The molecule has 108 valence electrons. The summed E-state index contributed by atoms with van der Waals surface area (Å²) in [6.07, 6.45) is 2.50. The lowest BCUT2D eigenvalue weighted by Gasteiger charge is -2.09. The van der Waals surface area contributed by atoms with Gasteiger partial charge in [-0.15, -0.1) is 0 Å². The molecule has 2 rings (SSSR count). The molecule has 21 heavy (non-hydrogen) atoms. The molecule has 0 heterocycles. The molecule has 0 aliphatic rings. The Labute approximate surface area is 129 Å². The van der Waals surface area contributed by atoms with E-state index in [1.54, 1.807) is 30.3 Å². The van der Waals surface area contributed by atoms with Gasteiger partial charge in [0.25, 0.3) is 0 Å². The summed E-state index contributed by atoms with van der Waals surface area (Å²) in [5, 5.41) is 8.66. The highest BCUT2D eigenvalue weighted by Gasteiger charge is 2.03. The van der Waals surface area contributed by atoms with Gasteiger partial charge in [-0.05, 0) is 35.9 Å². The molecule has 0 aromatic heterocycles. The molecule has 2 aromatic carbocycles. The first-order valence-corrected chi connectivity index (χ1v) is 6.92. The lowest BCUT2D eigenvalue weighted by molar-refractivity contribution is -0.131. The van der Waals surface area contributed by atoms with Crippen molar-refractivity contribution >= 4 is 28.0 Å². The first-order chi connectivity index (χ1) is 10.0. The summed E-state index contributed by atoms with van der Waals surface area (Å²) >= 11 is 3.22. The average molecular weight is 351 g/mol. The highest BCUT2D eigenvalue weighted by molar-refractivity contribution is 9.10. The van der Waals surface area contributed by atoms with Crippen molar-refractivity contribution in [2.75, 3.05) is 0 Å². The van der Waals surface area contributed by atoms with E-state index in [-0.39, 0.29) is 12.4 Å². The van der Waals surface area contributed by atoms with E-state index in [9.17, 15) is 9.18 Å². The number of carboxylic acids is 1. The van der Waals surface area contributed by atoms with E-state index in [2.05, 4.69) is 15.9 Å². The quantitative estimate of drug-likeness (QED) is 0.819. The van der Waals surface area contributed by atoms with Crippen LogP contribution in [0.25, 0.3) is 6.08 Å². The summed E-state index contributed by atoms with van der Waals surface area (Å²) in [4.78, 5) is 10.6. The molecule has 0 unspecified atom stereocenters. The van der Waals surface area contributed by atoms with E-state index in [1.807, 2.05) is 0 Å². The summed E-state index contributed by atoms with van der Waals surface area (Å²) in [5.74, 6) is -0.837. The standard InChI is InChI=1S/C16H12BrFO3/c17-13-7-11(8-14(18)9-13)10-21-15-4-2-1-3-12(15)5-6-16(19)20/h1-9H,10H2,(H,19,20). The topological polar surface area (TPSA) is 46.5 Å². The van der Waals surface area contributed by atoms with Gasteiger partial charge in [-0.2, -0.15) is 0 Å². The van der Waals surface area contributed by atoms with Crippen LogP contribution < -0.4 is 4.74 Å². The zero-order chi connectivity index (χ0) is 15.2. The van der Waals surface area contributed by atoms with Gasteiger partial charge in [-0.1, -0.05) is 34.1 Å². The maximum absolute atomic E-state index is 13.3. The molecule has 0 radical (unpaired) electrons. The van der Waals surface area contributed by atoms with Crippen LogP contribution in [0.4, 0.5) is 4.39 Å². The minimum absolute atomic E-state index is 0.189. The second-order valence-corrected chi connectivity index (χ2v) is 5.19. The summed E-state index contributed by atoms with van der Waals surface area (Å²) in [7, 11) is 0. The van der Waals surface area contributed by atoms with E-state index in [1.165, 1.54) is 18.2 Å². The Bertz CT molecular complexity index is 663. The molecule has 0 fully saturated rings. The van der Waals surface area contributed by atoms with Crippen LogP contribution in [0, 0.1) is 5.82 Å². The van der Waals surface area contributed by atoms with Gasteiger partial charge in [0.1, 0.15) is 18.2 Å². The molecule has 3 nitrogen and oxygen atoms in total. The molecule has 0 saturated carbocycles. The number of carboxylic acid groups (broad SMARTS) is 1. The molecule has 0 bridgehead atoms. The van der Waals surface area contributed by atoms with Crippen molar-refractivity contribution < 1.29 is 19.0 Å². The molecule has 0 saturated heterocycles. The van der Waals surface area contributed by atoms with E-state index in [0.29, 0.717) is 21.3 Å². The molecule has 0 amide bonds. The number of aliphatic carboxylic acids is 1. The summed E-state index contributed by atoms with van der Waals surface area (Å²) in [6.45, 7) is 0.189. The van der Waals surface area contributed by atoms with Gasteiger partial charge in [0.05, 0.1) is 0 Å². The van der Waals surface area contributed by atoms with Crippen LogP contribution in [0.5, 0.6) is 5.75 Å². The molecule has 0 aliphatic carbocycles. The third-order valence-electron chi connectivity index (χ3n) is 2.64. The Morgan fingerprint density at radius 2 is 2.05 bits per heavy atom. The third-order valence-corrected chi connectivity index (χ3v) is 3.10. The van der Waals surface area contributed by atoms with Crippen molar-refractivity contribution in [1.29, 1.82) is 0 Å². The monoisotopic (exact) mass is 350 g/mol. The van der Waals surface area contributed by atoms with E-state index in [0.717, 1.165) is 6.08 Å². The lowest BCUT2D eigenvalue weighted by atomic mass is 10.2. The Kier molecular flexibility index (Phi) is 5.11. The fraction of sp³-hybridized carbons (Fsp3) is 0.0625. The zero-order valence-electron chi connectivity index (χ0n) is 10.9. The number of hydrogen-bond donors (Lipinski definition) is 1. The predicted octanol–water partition coefficient (Wildman–Crippen LogP) is 4.27. The molecule has 0 spiro atoms. The Balaban J connectivity index is 2.14. The second-order valence-electron chi connectivity index (χ2n) is 4.28. The van der Waals surface area contributed by atoms with Crippen molar-refractivity contribution in [2.45, 2.75) is 6.61 Å². The molecule has 5 heteroatoms. The number of ether oxygens (including phenoxy) is 1. The maximum atomic E-state index is 13.3. The van der Waals surface area contributed by atoms with Crippen molar-refractivity contribution in [3.63, 3.8) is 0 Å². The smallest absolute Gasteiger partial charge is 0.328 e. The first kappa shape index (κ1) is 15.3. The second kappa shape index (κ2) is 7.04. The minimum atomic E-state index is -1.03. The minimum Gasteiger partial charge on any atom is -0.488 e. The number of halogens is 2. The van der Waals surface area contributed by atoms with Gasteiger partial charge in [0.15, 0.2) is 0 Å². The summed E-state index contributed by atoms with van der Waals surface area (Å²) in [5.41, 5.74) is 1.33. The highest BCUT2D eigenvalue weighted by atomic mass is 79.9. The Hall–Kier alpha value is -2.14. The van der Waals surface area contributed by atoms with Gasteiger partial charge in [0, 0.05) is 16.1 Å². The number of para-hydroxylation sites is 1. The molecular formula is C16H12BrFO3. The maximum Gasteiger partial charge on any atom is 0.328 e. The lowest BCUT2D eigenvalue weighted by Crippen LogP contribution is -1.98. The molecule has 2 aromatic rings. The molecular weight excluding hydrogens is 339 g/mol. The number of hydrogen-bond acceptors (Lipinski definition) is 2. The van der Waals surface area contributed by atoms with Gasteiger partial charge >= 0.3 is 5.97 Å². The third kappa shape index (κ3) is 4.72. The van der Waals surface area contributed by atoms with Crippen LogP contribution in [-0.2, 0) is 11.4 Å². The highest BCUT2D eigenvalue weighted by Crippen LogP contribution is 2.22. The van der Waals surface area contributed by atoms with Crippen LogP contribution in [0.3, 0.4) is 0 Å². The molecule has 0 aliphatic heterocycles. The van der Waals surface area contributed by atoms with Crippen molar-refractivity contribution in [2.24, 2.45) is 0 Å². The summed E-state index contributed by atoms with van der Waals surface area (Å²) in [6, 6.07) is 11.6. The van der Waals surface area contributed by atoms with Gasteiger partial charge in [-0.3, -0.25) is 0 Å².